The molecule has 7 amide bonds. The van der Waals surface area contributed by atoms with Crippen LogP contribution in [0.3, 0.4) is 0 Å². The van der Waals surface area contributed by atoms with Crippen LogP contribution in [0.1, 0.15) is 63.6 Å². The van der Waals surface area contributed by atoms with Crippen molar-refractivity contribution in [1.29, 1.82) is 0 Å². The third kappa shape index (κ3) is 14.1. The minimum absolute atomic E-state index is 0.0206. The molecule has 1 aliphatic heterocycles. The predicted molar refractivity (Wildman–Crippen MR) is 262 cm³/mol. The normalized spacial score (nSPS) is 15.6. The summed E-state index contributed by atoms with van der Waals surface area (Å²) in [5.74, 6) is -4.40. The van der Waals surface area contributed by atoms with Crippen LogP contribution >= 0.6 is 0 Å². The molecule has 8 N–H and O–H groups in total. The molecule has 6 rings (SSSR count). The number of nitrogens with zero attached hydrogens (tertiary/aromatic N) is 1. The zero-order valence-corrected chi connectivity index (χ0v) is 39.5. The largest absolute Gasteiger partial charge is 0.508 e. The molecule has 1 saturated heterocycles. The number of carbonyl (C=O) groups excluding carboxylic acids is 7. The Bertz CT molecular complexity index is 2640. The second-order valence-corrected chi connectivity index (χ2v) is 18.0. The Hall–Kier alpha value is -7.33. The average molecular weight is 942 g/mol. The number of aliphatic hydroxyl groups excluding tert-OH is 1. The second-order valence-electron chi connectivity index (χ2n) is 18.0. The molecule has 0 saturated carbocycles. The smallest absolute Gasteiger partial charge is 0.245 e. The maximum absolute atomic E-state index is 14.6. The molecule has 6 atom stereocenters. The van der Waals surface area contributed by atoms with E-state index in [2.05, 4.69) is 31.9 Å². The summed E-state index contributed by atoms with van der Waals surface area (Å²) in [5, 5.41) is 40.7. The fraction of sp³-hybridized carbons (Fsp3) is 0.377. The molecule has 364 valence electrons. The maximum atomic E-state index is 14.6. The van der Waals surface area contributed by atoms with Crippen LogP contribution in [-0.2, 0) is 52.8 Å². The van der Waals surface area contributed by atoms with E-state index >= 15 is 0 Å². The lowest BCUT2D eigenvalue weighted by Crippen LogP contribution is -2.61. The van der Waals surface area contributed by atoms with Gasteiger partial charge in [-0.25, -0.2) is 0 Å². The highest BCUT2D eigenvalue weighted by molar-refractivity contribution is 5.98. The molecule has 0 aromatic heterocycles. The molecule has 1 heterocycles. The van der Waals surface area contributed by atoms with Crippen molar-refractivity contribution in [2.75, 3.05) is 19.7 Å². The number of aromatic hydroxyl groups is 1. The van der Waals surface area contributed by atoms with Gasteiger partial charge in [-0.05, 0) is 82.5 Å². The van der Waals surface area contributed by atoms with E-state index in [9.17, 15) is 43.8 Å². The van der Waals surface area contributed by atoms with Crippen molar-refractivity contribution in [3.63, 3.8) is 0 Å². The van der Waals surface area contributed by atoms with Crippen LogP contribution < -0.4 is 31.9 Å². The van der Waals surface area contributed by atoms with Gasteiger partial charge in [-0.2, -0.15) is 0 Å². The quantitative estimate of drug-likeness (QED) is 0.0538. The van der Waals surface area contributed by atoms with E-state index in [0.717, 1.165) is 27.1 Å². The summed E-state index contributed by atoms with van der Waals surface area (Å²) in [6.45, 7) is 6.75. The molecule has 1 fully saturated rings. The lowest BCUT2D eigenvalue weighted by atomic mass is 9.98. The fourth-order valence-electron chi connectivity index (χ4n) is 8.72. The minimum atomic E-state index is -1.58. The zero-order chi connectivity index (χ0) is 49.6. The Kier molecular flexibility index (Phi) is 17.8. The maximum Gasteiger partial charge on any atom is 0.245 e. The number of likely N-dealkylation sites (tertiary alicyclic amines) is 1. The van der Waals surface area contributed by atoms with Gasteiger partial charge >= 0.3 is 0 Å². The van der Waals surface area contributed by atoms with Gasteiger partial charge < -0.3 is 47.0 Å². The van der Waals surface area contributed by atoms with Crippen molar-refractivity contribution in [2.45, 2.75) is 102 Å². The van der Waals surface area contributed by atoms with Gasteiger partial charge in [-0.1, -0.05) is 111 Å². The number of amides is 7. The fourth-order valence-corrected chi connectivity index (χ4v) is 8.72. The highest BCUT2D eigenvalue weighted by Gasteiger charge is 2.39. The Labute approximate surface area is 402 Å². The lowest BCUT2D eigenvalue weighted by molar-refractivity contribution is -0.142. The highest BCUT2D eigenvalue weighted by atomic mass is 16.3. The number of phenols is 1. The molecule has 0 unspecified atom stereocenters. The van der Waals surface area contributed by atoms with Crippen LogP contribution in [0.15, 0.2) is 109 Å². The van der Waals surface area contributed by atoms with Crippen molar-refractivity contribution in [3.8, 4) is 5.75 Å². The summed E-state index contributed by atoms with van der Waals surface area (Å²) in [7, 11) is 0. The number of carbonyl (C=O) groups is 7. The minimum Gasteiger partial charge on any atom is -0.508 e. The molecule has 0 spiro atoms. The van der Waals surface area contributed by atoms with Crippen LogP contribution in [0.4, 0.5) is 0 Å². The van der Waals surface area contributed by atoms with Crippen LogP contribution in [0.25, 0.3) is 21.5 Å². The summed E-state index contributed by atoms with van der Waals surface area (Å²) < 4.78 is 0. The van der Waals surface area contributed by atoms with Gasteiger partial charge in [0.1, 0.15) is 42.0 Å². The molecule has 0 radical (unpaired) electrons. The zero-order valence-electron chi connectivity index (χ0n) is 39.5. The van der Waals surface area contributed by atoms with Gasteiger partial charge in [0, 0.05) is 39.3 Å². The van der Waals surface area contributed by atoms with E-state index < -0.39 is 78.3 Å². The van der Waals surface area contributed by atoms with Gasteiger partial charge in [0.05, 0.1) is 6.61 Å². The number of likely N-dealkylation sites (N-methyl/N-ethyl adjacent to an activating group) is 1. The highest BCUT2D eigenvalue weighted by Crippen LogP contribution is 2.22. The number of phenolic OH excluding ortho intramolecular Hbond substituents is 1. The van der Waals surface area contributed by atoms with Crippen LogP contribution in [0, 0.1) is 5.92 Å². The molecule has 16 heteroatoms. The van der Waals surface area contributed by atoms with E-state index in [1.165, 1.54) is 24.0 Å². The Morgan fingerprint density at radius 3 is 1.54 bits per heavy atom. The Morgan fingerprint density at radius 1 is 0.594 bits per heavy atom. The number of hydrogen-bond donors (Lipinski definition) is 8. The number of rotatable bonds is 21. The summed E-state index contributed by atoms with van der Waals surface area (Å²) in [6.07, 6.45) is 1.25. The number of aliphatic hydroxyl groups is 1. The molecule has 5 aromatic rings. The molecule has 0 aliphatic carbocycles. The van der Waals surface area contributed by atoms with Crippen molar-refractivity contribution in [1.82, 2.24) is 36.8 Å². The van der Waals surface area contributed by atoms with Gasteiger partial charge in [0.15, 0.2) is 0 Å². The first-order chi connectivity index (χ1) is 33.1. The summed E-state index contributed by atoms with van der Waals surface area (Å²) in [4.78, 5) is 98.2. The van der Waals surface area contributed by atoms with Gasteiger partial charge in [0.25, 0.3) is 0 Å². The molecule has 0 bridgehead atoms. The third-order valence-electron chi connectivity index (χ3n) is 12.2. The van der Waals surface area contributed by atoms with Gasteiger partial charge in [-0.15, -0.1) is 0 Å². The van der Waals surface area contributed by atoms with Gasteiger partial charge in [0.2, 0.25) is 41.4 Å². The molecular weight excluding hydrogens is 879 g/mol. The van der Waals surface area contributed by atoms with Crippen molar-refractivity contribution < 1.29 is 43.8 Å². The third-order valence-corrected chi connectivity index (χ3v) is 12.2. The summed E-state index contributed by atoms with van der Waals surface area (Å²) in [5.41, 5.74) is 1.95. The van der Waals surface area contributed by atoms with E-state index in [-0.39, 0.29) is 43.3 Å². The van der Waals surface area contributed by atoms with E-state index in [1.807, 2.05) is 98.8 Å². The number of benzene rings is 5. The van der Waals surface area contributed by atoms with E-state index in [1.54, 1.807) is 19.1 Å². The Balaban J connectivity index is 1.26. The van der Waals surface area contributed by atoms with E-state index in [4.69, 9.17) is 0 Å². The first kappa shape index (κ1) is 51.1. The van der Waals surface area contributed by atoms with Crippen LogP contribution in [0.5, 0.6) is 5.75 Å². The lowest BCUT2D eigenvalue weighted by Gasteiger charge is -2.31. The number of nitrogens with one attached hydrogen (secondary N) is 6. The van der Waals surface area contributed by atoms with Crippen molar-refractivity contribution >= 4 is 62.9 Å². The Morgan fingerprint density at radius 2 is 1.04 bits per heavy atom. The van der Waals surface area contributed by atoms with Crippen molar-refractivity contribution in [3.05, 3.63) is 126 Å². The first-order valence-corrected chi connectivity index (χ1v) is 23.5. The topological polar surface area (TPSA) is 235 Å². The molecular formula is C53H63N7O9. The standard InChI is InChI=1S/C53H63N7O9/c1-5-54-52(68)47-15-10-24-60(47)53(69)45(25-32(2)3)58-50(66)44(30-36-17-21-38-12-7-9-14-40(38)27-36)56-49(65)43(28-34-18-22-41(63)23-19-34)57-51(67)46(31-61)59-48(64)42(55-33(4)62)29-35-16-20-37-11-6-8-13-39(37)26-35/h6-9,11-14,16-23,26-27,32,42-47,61,63H,5,10,15,24-25,28-31H2,1-4H3,(H,54,68)(H,55,62)(H,56,65)(H,57,67)(H,58,66)(H,59,64)/t42-,43+,44-,45+,46+,47+/m1/s1. The van der Waals surface area contributed by atoms with Crippen molar-refractivity contribution in [2.24, 2.45) is 5.92 Å². The SMILES string of the molecule is CCNC(=O)[C@@H]1CCCN1C(=O)[C@H](CC(C)C)NC(=O)[C@@H](Cc1ccc2ccccc2c1)NC(=O)[C@H](Cc1ccc(O)cc1)NC(=O)[C@H](CO)NC(=O)[C@@H](Cc1ccc2ccccc2c1)NC(C)=O. The molecule has 69 heavy (non-hydrogen) atoms. The molecule has 16 nitrogen and oxygen atoms in total. The average Bonchev–Trinajstić information content (AvgIpc) is 3.83. The number of fused-ring (bicyclic) bond motifs is 2. The monoisotopic (exact) mass is 941 g/mol. The van der Waals surface area contributed by atoms with Crippen LogP contribution in [-0.4, -0.2) is 112 Å². The van der Waals surface area contributed by atoms with Crippen LogP contribution in [0.2, 0.25) is 0 Å². The first-order valence-electron chi connectivity index (χ1n) is 23.5. The van der Waals surface area contributed by atoms with Gasteiger partial charge in [-0.3, -0.25) is 33.6 Å². The summed E-state index contributed by atoms with van der Waals surface area (Å²) in [6, 6.07) is 25.4. The summed E-state index contributed by atoms with van der Waals surface area (Å²) >= 11 is 0. The second kappa shape index (κ2) is 24.1. The molecule has 5 aromatic carbocycles. The molecule has 1 aliphatic rings. The predicted octanol–water partition coefficient (Wildman–Crippen LogP) is 3.34. The van der Waals surface area contributed by atoms with E-state index in [0.29, 0.717) is 37.1 Å². The number of hydrogen-bond acceptors (Lipinski definition) is 9.